The molecule has 1 aliphatic rings. The minimum atomic E-state index is -1.03. The van der Waals surface area contributed by atoms with Gasteiger partial charge in [0.25, 0.3) is 11.8 Å². The Morgan fingerprint density at radius 3 is 2.19 bits per heavy atom. The van der Waals surface area contributed by atoms with Crippen LogP contribution in [0.2, 0.25) is 5.02 Å². The molecule has 1 atom stereocenters. The topological polar surface area (TPSA) is 72.9 Å². The van der Waals surface area contributed by atoms with Crippen LogP contribution in [0.4, 0.5) is 0 Å². The van der Waals surface area contributed by atoms with Crippen molar-refractivity contribution in [1.82, 2.24) is 4.90 Å². The van der Waals surface area contributed by atoms with Crippen molar-refractivity contribution in [2.24, 2.45) is 0 Å². The van der Waals surface area contributed by atoms with Gasteiger partial charge in [-0.05, 0) is 31.2 Å². The first-order chi connectivity index (χ1) is 12.5. The zero-order valence-corrected chi connectivity index (χ0v) is 14.7. The molecule has 0 saturated carbocycles. The number of carbonyl (C=O) groups is 3. The van der Waals surface area contributed by atoms with Crippen LogP contribution in [0.15, 0.2) is 48.5 Å². The van der Waals surface area contributed by atoms with Crippen LogP contribution < -0.4 is 4.74 Å². The van der Waals surface area contributed by atoms with Crippen molar-refractivity contribution in [3.8, 4) is 5.75 Å². The van der Waals surface area contributed by atoms with Crippen molar-refractivity contribution >= 4 is 29.4 Å². The normalized spacial score (nSPS) is 14.2. The maximum atomic E-state index is 12.4. The molecule has 1 aliphatic heterocycles. The number of carbonyl (C=O) groups excluding carboxylic acids is 3. The first-order valence-electron chi connectivity index (χ1n) is 8.01. The van der Waals surface area contributed by atoms with Gasteiger partial charge in [-0.1, -0.05) is 35.9 Å². The van der Waals surface area contributed by atoms with Crippen molar-refractivity contribution in [2.75, 3.05) is 13.2 Å². The van der Waals surface area contributed by atoms with Crippen molar-refractivity contribution in [3.63, 3.8) is 0 Å². The fourth-order valence-corrected chi connectivity index (χ4v) is 2.83. The molecular formula is C19H16ClNO5. The Bertz CT molecular complexity index is 832. The lowest BCUT2D eigenvalue weighted by Crippen LogP contribution is -2.44. The number of esters is 1. The predicted octanol–water partition coefficient (Wildman–Crippen LogP) is 2.95. The third-order valence-corrected chi connectivity index (χ3v) is 4.29. The molecular weight excluding hydrogens is 358 g/mol. The number of amides is 2. The summed E-state index contributed by atoms with van der Waals surface area (Å²) in [4.78, 5) is 37.8. The van der Waals surface area contributed by atoms with Crippen molar-refractivity contribution in [2.45, 2.75) is 13.0 Å². The molecule has 0 saturated heterocycles. The van der Waals surface area contributed by atoms with E-state index in [9.17, 15) is 14.4 Å². The van der Waals surface area contributed by atoms with E-state index in [0.717, 1.165) is 4.90 Å². The monoisotopic (exact) mass is 373 g/mol. The molecule has 6 nitrogen and oxygen atoms in total. The Hall–Kier alpha value is -2.86. The van der Waals surface area contributed by atoms with Crippen LogP contribution in [0, 0.1) is 0 Å². The third-order valence-electron chi connectivity index (χ3n) is 3.98. The predicted molar refractivity (Wildman–Crippen MR) is 94.3 cm³/mol. The molecule has 0 N–H and O–H groups in total. The van der Waals surface area contributed by atoms with Crippen molar-refractivity contribution in [1.29, 1.82) is 0 Å². The second-order valence-electron chi connectivity index (χ2n) is 5.65. The third kappa shape index (κ3) is 3.41. The average molecular weight is 374 g/mol. The summed E-state index contributed by atoms with van der Waals surface area (Å²) in [7, 11) is 0. The lowest BCUT2D eigenvalue weighted by molar-refractivity contribution is -0.148. The van der Waals surface area contributed by atoms with Crippen LogP contribution in [0.25, 0.3) is 0 Å². The number of benzene rings is 2. The Kier molecular flexibility index (Phi) is 5.23. The van der Waals surface area contributed by atoms with Gasteiger partial charge in [-0.3, -0.25) is 14.5 Å². The lowest BCUT2D eigenvalue weighted by Gasteiger charge is -2.21. The molecule has 0 aromatic heterocycles. The molecule has 2 aromatic rings. The number of ether oxygens (including phenoxy) is 2. The van der Waals surface area contributed by atoms with Gasteiger partial charge in [0.15, 0.2) is 0 Å². The summed E-state index contributed by atoms with van der Waals surface area (Å²) < 4.78 is 10.5. The number of para-hydroxylation sites is 1. The Morgan fingerprint density at radius 2 is 1.58 bits per heavy atom. The fourth-order valence-electron chi connectivity index (χ4n) is 2.64. The van der Waals surface area contributed by atoms with Gasteiger partial charge in [0.1, 0.15) is 25.0 Å². The fraction of sp³-hybridized carbons (Fsp3) is 0.211. The molecule has 26 heavy (non-hydrogen) atoms. The van der Waals surface area contributed by atoms with E-state index >= 15 is 0 Å². The van der Waals surface area contributed by atoms with Gasteiger partial charge < -0.3 is 9.47 Å². The van der Waals surface area contributed by atoms with E-state index in [4.69, 9.17) is 21.1 Å². The highest BCUT2D eigenvalue weighted by Crippen LogP contribution is 2.25. The first kappa shape index (κ1) is 17.9. The van der Waals surface area contributed by atoms with E-state index in [-0.39, 0.29) is 13.2 Å². The largest absolute Gasteiger partial charge is 0.488 e. The van der Waals surface area contributed by atoms with E-state index in [1.807, 2.05) is 0 Å². The van der Waals surface area contributed by atoms with Gasteiger partial charge in [0.05, 0.1) is 16.1 Å². The minimum Gasteiger partial charge on any atom is -0.488 e. The summed E-state index contributed by atoms with van der Waals surface area (Å²) in [5.74, 6) is -1.19. The second-order valence-corrected chi connectivity index (χ2v) is 6.06. The van der Waals surface area contributed by atoms with E-state index in [1.54, 1.807) is 48.5 Å². The quantitative estimate of drug-likeness (QED) is 0.442. The zero-order chi connectivity index (χ0) is 18.7. The molecule has 3 rings (SSSR count). The molecule has 0 bridgehead atoms. The molecule has 7 heteroatoms. The Morgan fingerprint density at radius 1 is 1.00 bits per heavy atom. The Labute approximate surface area is 155 Å². The maximum Gasteiger partial charge on any atom is 0.329 e. The Balaban J connectivity index is 1.55. The van der Waals surface area contributed by atoms with Gasteiger partial charge in [-0.25, -0.2) is 4.79 Å². The molecule has 0 fully saturated rings. The molecule has 0 spiro atoms. The summed E-state index contributed by atoms with van der Waals surface area (Å²) in [5, 5.41) is 0.457. The number of halogens is 1. The smallest absolute Gasteiger partial charge is 0.329 e. The van der Waals surface area contributed by atoms with Gasteiger partial charge in [-0.15, -0.1) is 0 Å². The molecule has 1 heterocycles. The number of hydrogen-bond donors (Lipinski definition) is 0. The number of rotatable bonds is 6. The van der Waals surface area contributed by atoms with E-state index in [2.05, 4.69) is 0 Å². The number of imide groups is 1. The van der Waals surface area contributed by atoms with Crippen LogP contribution in [0.1, 0.15) is 27.6 Å². The summed E-state index contributed by atoms with van der Waals surface area (Å²) >= 11 is 5.96. The molecule has 134 valence electrons. The van der Waals surface area contributed by atoms with Crippen LogP contribution >= 0.6 is 11.6 Å². The van der Waals surface area contributed by atoms with Crippen LogP contribution in [0.3, 0.4) is 0 Å². The van der Waals surface area contributed by atoms with Gasteiger partial charge in [0, 0.05) is 0 Å². The summed E-state index contributed by atoms with van der Waals surface area (Å²) in [6, 6.07) is 12.4. The van der Waals surface area contributed by atoms with Crippen LogP contribution in [0.5, 0.6) is 5.75 Å². The average Bonchev–Trinajstić information content (AvgIpc) is 2.90. The van der Waals surface area contributed by atoms with Gasteiger partial charge in [0.2, 0.25) is 0 Å². The first-order valence-corrected chi connectivity index (χ1v) is 8.39. The van der Waals surface area contributed by atoms with Crippen LogP contribution in [-0.4, -0.2) is 41.9 Å². The van der Waals surface area contributed by atoms with Gasteiger partial charge in [-0.2, -0.15) is 0 Å². The minimum absolute atomic E-state index is 0.0302. The highest BCUT2D eigenvalue weighted by atomic mass is 35.5. The van der Waals surface area contributed by atoms with Crippen molar-refractivity contribution in [3.05, 3.63) is 64.7 Å². The maximum absolute atomic E-state index is 12.4. The summed E-state index contributed by atoms with van der Waals surface area (Å²) in [6.07, 6.45) is 0. The zero-order valence-electron chi connectivity index (χ0n) is 14.0. The van der Waals surface area contributed by atoms with Crippen molar-refractivity contribution < 1.29 is 23.9 Å². The van der Waals surface area contributed by atoms with Crippen LogP contribution in [-0.2, 0) is 9.53 Å². The lowest BCUT2D eigenvalue weighted by atomic mass is 10.1. The number of nitrogens with zero attached hydrogens (tertiary/aromatic N) is 1. The standard InChI is InChI=1S/C19H16ClNO5/c1-12(21-17(22)13-6-2-3-7-14(13)18(21)23)19(24)26-11-10-25-16-9-5-4-8-15(16)20/h2-9,12H,10-11H2,1H3. The number of hydrogen-bond acceptors (Lipinski definition) is 5. The van der Waals surface area contributed by atoms with E-state index in [0.29, 0.717) is 21.9 Å². The molecule has 0 radical (unpaired) electrons. The van der Waals surface area contributed by atoms with E-state index in [1.165, 1.54) is 6.92 Å². The number of fused-ring (bicyclic) bond motifs is 1. The van der Waals surface area contributed by atoms with E-state index < -0.39 is 23.8 Å². The van der Waals surface area contributed by atoms with Gasteiger partial charge >= 0.3 is 5.97 Å². The highest BCUT2D eigenvalue weighted by Gasteiger charge is 2.41. The summed E-state index contributed by atoms with van der Waals surface area (Å²) in [5.41, 5.74) is 0.582. The molecule has 2 aromatic carbocycles. The highest BCUT2D eigenvalue weighted by molar-refractivity contribution is 6.32. The second kappa shape index (κ2) is 7.58. The molecule has 1 unspecified atom stereocenters. The SMILES string of the molecule is CC(C(=O)OCCOc1ccccc1Cl)N1C(=O)c2ccccc2C1=O. The molecule has 0 aliphatic carbocycles. The molecule has 2 amide bonds. The summed E-state index contributed by atoms with van der Waals surface area (Å²) in [6.45, 7) is 1.53.